The van der Waals surface area contributed by atoms with Crippen LogP contribution in [0.3, 0.4) is 0 Å². The summed E-state index contributed by atoms with van der Waals surface area (Å²) in [5.41, 5.74) is 7.55. The average Bonchev–Trinajstić information content (AvgIpc) is 2.73. The van der Waals surface area contributed by atoms with E-state index in [1.54, 1.807) is 0 Å². The van der Waals surface area contributed by atoms with Crippen molar-refractivity contribution >= 4 is 11.6 Å². The molecule has 1 aliphatic carbocycles. The number of carbonyl (C=O) groups excluding carboxylic acids is 1. The Bertz CT molecular complexity index is 427. The highest BCUT2D eigenvalue weighted by atomic mass is 16.2. The van der Waals surface area contributed by atoms with Crippen LogP contribution in [0.2, 0.25) is 0 Å². The van der Waals surface area contributed by atoms with Crippen LogP contribution in [-0.4, -0.2) is 22.1 Å². The highest BCUT2D eigenvalue weighted by Gasteiger charge is 2.25. The van der Waals surface area contributed by atoms with Crippen molar-refractivity contribution < 1.29 is 4.79 Å². The van der Waals surface area contributed by atoms with E-state index in [1.165, 1.54) is 19.3 Å². The zero-order valence-corrected chi connectivity index (χ0v) is 11.1. The second-order valence-electron chi connectivity index (χ2n) is 5.16. The summed E-state index contributed by atoms with van der Waals surface area (Å²) in [7, 11) is 0. The minimum absolute atomic E-state index is 0.151. The first-order chi connectivity index (χ1) is 8.63. The molecule has 1 aliphatic rings. The minimum Gasteiger partial charge on any atom is -0.395 e. The molecule has 0 radical (unpaired) electrons. The summed E-state index contributed by atoms with van der Waals surface area (Å²) in [6.45, 7) is 4.17. The molecule has 0 aliphatic heterocycles. The van der Waals surface area contributed by atoms with Crippen LogP contribution in [0.15, 0.2) is 0 Å². The molecule has 2 rings (SSSR count). The number of aromatic nitrogens is 2. The fourth-order valence-corrected chi connectivity index (χ4v) is 2.60. The van der Waals surface area contributed by atoms with E-state index in [0.29, 0.717) is 17.3 Å². The van der Waals surface area contributed by atoms with E-state index in [4.69, 9.17) is 5.73 Å². The van der Waals surface area contributed by atoms with Gasteiger partial charge in [0.15, 0.2) is 5.69 Å². The molecular weight excluding hydrogens is 228 g/mol. The first-order valence-electron chi connectivity index (χ1n) is 6.77. The van der Waals surface area contributed by atoms with Gasteiger partial charge in [-0.2, -0.15) is 5.10 Å². The standard InChI is InChI=1S/C13H22N4O/c1-3-9-11(14)12(17-16-9)13(18)15-10-7-5-4-6-8(10)2/h8,10H,3-7,14H2,1-2H3,(H,15,18)(H,16,17). The summed E-state index contributed by atoms with van der Waals surface area (Å²) in [5, 5.41) is 9.89. The largest absolute Gasteiger partial charge is 0.395 e. The van der Waals surface area contributed by atoms with E-state index < -0.39 is 0 Å². The van der Waals surface area contributed by atoms with Gasteiger partial charge in [0, 0.05) is 6.04 Å². The summed E-state index contributed by atoms with van der Waals surface area (Å²) < 4.78 is 0. The van der Waals surface area contributed by atoms with Crippen LogP contribution in [-0.2, 0) is 6.42 Å². The zero-order chi connectivity index (χ0) is 13.1. The lowest BCUT2D eigenvalue weighted by atomic mass is 9.86. The van der Waals surface area contributed by atoms with Gasteiger partial charge in [-0.25, -0.2) is 0 Å². The lowest BCUT2D eigenvalue weighted by Gasteiger charge is -2.29. The van der Waals surface area contributed by atoms with E-state index >= 15 is 0 Å². The van der Waals surface area contributed by atoms with Crippen LogP contribution in [0, 0.1) is 5.92 Å². The number of amides is 1. The number of anilines is 1. The van der Waals surface area contributed by atoms with Crippen molar-refractivity contribution in [2.75, 3.05) is 5.73 Å². The van der Waals surface area contributed by atoms with Gasteiger partial charge >= 0.3 is 0 Å². The number of nitrogens with two attached hydrogens (primary N) is 1. The Morgan fingerprint density at radius 1 is 1.50 bits per heavy atom. The molecule has 4 N–H and O–H groups in total. The second kappa shape index (κ2) is 5.42. The van der Waals surface area contributed by atoms with Crippen LogP contribution in [0.1, 0.15) is 55.7 Å². The molecule has 0 aromatic carbocycles. The van der Waals surface area contributed by atoms with Crippen molar-refractivity contribution in [3.8, 4) is 0 Å². The van der Waals surface area contributed by atoms with Gasteiger partial charge in [-0.15, -0.1) is 0 Å². The van der Waals surface area contributed by atoms with Gasteiger partial charge in [-0.3, -0.25) is 9.89 Å². The normalized spacial score (nSPS) is 23.9. The maximum Gasteiger partial charge on any atom is 0.274 e. The molecule has 0 bridgehead atoms. The molecule has 0 saturated heterocycles. The predicted molar refractivity (Wildman–Crippen MR) is 71.3 cm³/mol. The van der Waals surface area contributed by atoms with E-state index in [9.17, 15) is 4.79 Å². The number of H-pyrrole nitrogens is 1. The van der Waals surface area contributed by atoms with E-state index in [1.807, 2.05) is 6.92 Å². The van der Waals surface area contributed by atoms with Crippen molar-refractivity contribution in [3.05, 3.63) is 11.4 Å². The molecule has 18 heavy (non-hydrogen) atoms. The van der Waals surface area contributed by atoms with E-state index in [0.717, 1.165) is 18.5 Å². The van der Waals surface area contributed by atoms with Gasteiger partial charge in [0.05, 0.1) is 11.4 Å². The number of hydrogen-bond donors (Lipinski definition) is 3. The molecule has 5 nitrogen and oxygen atoms in total. The van der Waals surface area contributed by atoms with Gasteiger partial charge in [0.25, 0.3) is 5.91 Å². The van der Waals surface area contributed by atoms with Crippen molar-refractivity contribution in [2.45, 2.75) is 52.0 Å². The Morgan fingerprint density at radius 3 is 2.83 bits per heavy atom. The van der Waals surface area contributed by atoms with E-state index in [-0.39, 0.29) is 11.9 Å². The third-order valence-corrected chi connectivity index (χ3v) is 3.88. The average molecular weight is 250 g/mol. The van der Waals surface area contributed by atoms with Crippen molar-refractivity contribution in [1.82, 2.24) is 15.5 Å². The number of carbonyl (C=O) groups is 1. The van der Waals surface area contributed by atoms with Crippen molar-refractivity contribution in [1.29, 1.82) is 0 Å². The number of nitrogen functional groups attached to an aromatic ring is 1. The Kier molecular flexibility index (Phi) is 3.89. The molecule has 1 aromatic heterocycles. The van der Waals surface area contributed by atoms with Gasteiger partial charge in [-0.1, -0.05) is 26.7 Å². The molecular formula is C13H22N4O. The third-order valence-electron chi connectivity index (χ3n) is 3.88. The highest BCUT2D eigenvalue weighted by molar-refractivity contribution is 5.97. The minimum atomic E-state index is -0.151. The zero-order valence-electron chi connectivity index (χ0n) is 11.1. The number of nitrogens with one attached hydrogen (secondary N) is 2. The quantitative estimate of drug-likeness (QED) is 0.765. The monoisotopic (exact) mass is 250 g/mol. The van der Waals surface area contributed by atoms with Gasteiger partial charge < -0.3 is 11.1 Å². The number of hydrogen-bond acceptors (Lipinski definition) is 3. The van der Waals surface area contributed by atoms with Gasteiger partial charge in [0.1, 0.15) is 0 Å². The molecule has 1 saturated carbocycles. The van der Waals surface area contributed by atoms with Gasteiger partial charge in [0.2, 0.25) is 0 Å². The predicted octanol–water partition coefficient (Wildman–Crippen LogP) is 1.86. The molecule has 0 spiro atoms. The van der Waals surface area contributed by atoms with Crippen molar-refractivity contribution in [2.24, 2.45) is 5.92 Å². The SMILES string of the molecule is CCc1[nH]nc(C(=O)NC2CCCCC2C)c1N. The number of rotatable bonds is 3. The second-order valence-corrected chi connectivity index (χ2v) is 5.16. The number of aryl methyl sites for hydroxylation is 1. The Labute approximate surface area is 108 Å². The molecule has 2 unspecified atom stereocenters. The summed E-state index contributed by atoms with van der Waals surface area (Å²) in [6.07, 6.45) is 5.44. The molecule has 2 atom stereocenters. The Morgan fingerprint density at radius 2 is 2.22 bits per heavy atom. The van der Waals surface area contributed by atoms with Crippen LogP contribution >= 0.6 is 0 Å². The highest BCUT2D eigenvalue weighted by Crippen LogP contribution is 2.24. The molecule has 1 aromatic rings. The van der Waals surface area contributed by atoms with Crippen LogP contribution in [0.25, 0.3) is 0 Å². The molecule has 1 fully saturated rings. The van der Waals surface area contributed by atoms with Crippen LogP contribution in [0.4, 0.5) is 5.69 Å². The molecule has 5 heteroatoms. The fraction of sp³-hybridized carbons (Fsp3) is 0.692. The maximum absolute atomic E-state index is 12.1. The number of nitrogens with zero attached hydrogens (tertiary/aromatic N) is 1. The first-order valence-corrected chi connectivity index (χ1v) is 6.77. The van der Waals surface area contributed by atoms with Crippen molar-refractivity contribution in [3.63, 3.8) is 0 Å². The Balaban J connectivity index is 2.04. The fourth-order valence-electron chi connectivity index (χ4n) is 2.60. The molecule has 100 valence electrons. The Hall–Kier alpha value is -1.52. The molecule has 1 amide bonds. The molecule has 1 heterocycles. The summed E-state index contributed by atoms with van der Waals surface area (Å²) in [5.74, 6) is 0.385. The van der Waals surface area contributed by atoms with Gasteiger partial charge in [-0.05, 0) is 25.2 Å². The topological polar surface area (TPSA) is 83.8 Å². The van der Waals surface area contributed by atoms with Crippen LogP contribution < -0.4 is 11.1 Å². The lowest BCUT2D eigenvalue weighted by molar-refractivity contribution is 0.0906. The maximum atomic E-state index is 12.1. The smallest absolute Gasteiger partial charge is 0.274 e. The van der Waals surface area contributed by atoms with Crippen LogP contribution in [0.5, 0.6) is 0 Å². The number of aromatic amines is 1. The lowest BCUT2D eigenvalue weighted by Crippen LogP contribution is -2.41. The first kappa shape index (κ1) is 12.9. The third kappa shape index (κ3) is 2.49. The summed E-state index contributed by atoms with van der Waals surface area (Å²) in [6, 6.07) is 0.257. The summed E-state index contributed by atoms with van der Waals surface area (Å²) >= 11 is 0. The van der Waals surface area contributed by atoms with E-state index in [2.05, 4.69) is 22.4 Å². The summed E-state index contributed by atoms with van der Waals surface area (Å²) in [4.78, 5) is 12.1.